The van der Waals surface area contributed by atoms with Gasteiger partial charge in [-0.1, -0.05) is 24.0 Å². The normalized spacial score (nSPS) is 10.6. The summed E-state index contributed by atoms with van der Waals surface area (Å²) in [6.45, 7) is 0. The number of carbonyl (C=O) groups is 1. The Morgan fingerprint density at radius 2 is 1.62 bits per heavy atom. The van der Waals surface area contributed by atoms with Crippen LogP contribution >= 0.6 is 0 Å². The Labute approximate surface area is 196 Å². The number of hydrogen-bond donors (Lipinski definition) is 1. The number of esters is 1. The first-order valence-corrected chi connectivity index (χ1v) is 11.5. The number of anilines is 1. The predicted molar refractivity (Wildman–Crippen MR) is 126 cm³/mol. The van der Waals surface area contributed by atoms with Gasteiger partial charge in [-0.25, -0.2) is 18.2 Å². The molecule has 0 radical (unpaired) electrons. The van der Waals surface area contributed by atoms with Crippen LogP contribution in [-0.2, 0) is 14.8 Å². The number of nitrogens with one attached hydrogen (secondary N) is 1. The zero-order chi connectivity index (χ0) is 24.0. The number of hydrogen-bond acceptors (Lipinski definition) is 7. The highest BCUT2D eigenvalue weighted by molar-refractivity contribution is 7.92. The van der Waals surface area contributed by atoms with E-state index in [9.17, 15) is 13.2 Å². The summed E-state index contributed by atoms with van der Waals surface area (Å²) >= 11 is 0. The smallest absolute Gasteiger partial charge is 0.338 e. The van der Waals surface area contributed by atoms with Gasteiger partial charge in [-0.3, -0.25) is 14.7 Å². The van der Waals surface area contributed by atoms with E-state index in [2.05, 4.69) is 31.5 Å². The van der Waals surface area contributed by atoms with Crippen LogP contribution in [0.2, 0.25) is 0 Å². The second-order valence-corrected chi connectivity index (χ2v) is 8.66. The minimum Gasteiger partial charge on any atom is -0.465 e. The average molecular weight is 471 g/mol. The third kappa shape index (κ3) is 5.43. The van der Waals surface area contributed by atoms with Gasteiger partial charge in [-0.15, -0.1) is 0 Å². The first kappa shape index (κ1) is 22.6. The number of pyridine rings is 3. The van der Waals surface area contributed by atoms with Crippen molar-refractivity contribution in [1.29, 1.82) is 0 Å². The number of aromatic nitrogens is 3. The zero-order valence-electron chi connectivity index (χ0n) is 18.0. The molecule has 0 unspecified atom stereocenters. The first-order chi connectivity index (χ1) is 16.4. The van der Waals surface area contributed by atoms with Gasteiger partial charge in [0.25, 0.3) is 10.0 Å². The lowest BCUT2D eigenvalue weighted by Crippen LogP contribution is -2.15. The molecule has 1 aromatic carbocycles. The fourth-order valence-corrected chi connectivity index (χ4v) is 3.93. The number of rotatable bonds is 5. The van der Waals surface area contributed by atoms with Crippen molar-refractivity contribution >= 4 is 21.8 Å². The van der Waals surface area contributed by atoms with Crippen LogP contribution in [0.3, 0.4) is 0 Å². The van der Waals surface area contributed by atoms with Gasteiger partial charge < -0.3 is 4.74 Å². The summed E-state index contributed by atoms with van der Waals surface area (Å²) in [5, 5.41) is 0. The highest BCUT2D eigenvalue weighted by atomic mass is 32.2. The molecule has 0 saturated heterocycles. The molecule has 0 fully saturated rings. The molecule has 168 valence electrons. The molecule has 9 heteroatoms. The van der Waals surface area contributed by atoms with Crippen molar-refractivity contribution in [2.24, 2.45) is 0 Å². The van der Waals surface area contributed by atoms with E-state index in [0.717, 1.165) is 11.1 Å². The number of sulfonamides is 1. The Morgan fingerprint density at radius 1 is 0.912 bits per heavy atom. The summed E-state index contributed by atoms with van der Waals surface area (Å²) in [4.78, 5) is 24.4. The van der Waals surface area contributed by atoms with Crippen LogP contribution in [-0.4, -0.2) is 36.4 Å². The standard InChI is InChI=1S/C25H18N4O4S/c1-33-25(30)21-14-23(28-24(15-21)29-34(31,32)22-5-3-13-27-17-22)20-10-8-18(9-11-20)6-7-19-4-2-12-26-16-19/h2-5,8-17H,1H3,(H,28,29). The van der Waals surface area contributed by atoms with Crippen molar-refractivity contribution in [3.8, 4) is 23.1 Å². The molecule has 0 aliphatic rings. The van der Waals surface area contributed by atoms with Crippen molar-refractivity contribution in [2.45, 2.75) is 4.90 Å². The monoisotopic (exact) mass is 470 g/mol. The lowest BCUT2D eigenvalue weighted by atomic mass is 10.1. The third-order valence-electron chi connectivity index (χ3n) is 4.62. The first-order valence-electron chi connectivity index (χ1n) is 10.0. The molecule has 0 spiro atoms. The summed E-state index contributed by atoms with van der Waals surface area (Å²) in [6, 6.07) is 16.6. The molecule has 0 aliphatic heterocycles. The fourth-order valence-electron chi connectivity index (χ4n) is 2.97. The average Bonchev–Trinajstić information content (AvgIpc) is 2.88. The van der Waals surface area contributed by atoms with Crippen LogP contribution in [0.1, 0.15) is 21.5 Å². The quantitative estimate of drug-likeness (QED) is 0.351. The number of nitrogens with zero attached hydrogens (tertiary/aromatic N) is 3. The minimum atomic E-state index is -3.95. The number of methoxy groups -OCH3 is 1. The van der Waals surface area contributed by atoms with Gasteiger partial charge >= 0.3 is 5.97 Å². The molecule has 4 rings (SSSR count). The molecular weight excluding hydrogens is 452 g/mol. The van der Waals surface area contributed by atoms with Crippen molar-refractivity contribution in [1.82, 2.24) is 15.0 Å². The van der Waals surface area contributed by atoms with Crippen LogP contribution in [0.5, 0.6) is 0 Å². The second kappa shape index (κ2) is 9.94. The van der Waals surface area contributed by atoms with E-state index in [1.807, 2.05) is 24.3 Å². The van der Waals surface area contributed by atoms with Crippen molar-refractivity contribution in [3.05, 3.63) is 102 Å². The molecule has 8 nitrogen and oxygen atoms in total. The van der Waals surface area contributed by atoms with Crippen molar-refractivity contribution < 1.29 is 17.9 Å². The highest BCUT2D eigenvalue weighted by Crippen LogP contribution is 2.24. The number of carbonyl (C=O) groups excluding carboxylic acids is 1. The number of ether oxygens (including phenoxy) is 1. The Hall–Kier alpha value is -4.55. The molecule has 0 aliphatic carbocycles. The van der Waals surface area contributed by atoms with E-state index < -0.39 is 16.0 Å². The van der Waals surface area contributed by atoms with E-state index >= 15 is 0 Å². The van der Waals surface area contributed by atoms with Gasteiger partial charge in [0.2, 0.25) is 0 Å². The Morgan fingerprint density at radius 3 is 2.26 bits per heavy atom. The molecule has 3 aromatic heterocycles. The summed E-state index contributed by atoms with van der Waals surface area (Å²) in [5.74, 6) is 5.44. The van der Waals surface area contributed by atoms with Crippen LogP contribution in [0, 0.1) is 11.8 Å². The van der Waals surface area contributed by atoms with Gasteiger partial charge in [-0.05, 0) is 48.5 Å². The van der Waals surface area contributed by atoms with Gasteiger partial charge in [0.05, 0.1) is 18.4 Å². The summed E-state index contributed by atoms with van der Waals surface area (Å²) < 4.78 is 32.6. The lowest BCUT2D eigenvalue weighted by Gasteiger charge is -2.11. The van der Waals surface area contributed by atoms with E-state index in [-0.39, 0.29) is 16.3 Å². The summed E-state index contributed by atoms with van der Waals surface area (Å²) in [6.07, 6.45) is 6.05. The zero-order valence-corrected chi connectivity index (χ0v) is 18.8. The Balaban J connectivity index is 1.66. The summed E-state index contributed by atoms with van der Waals surface area (Å²) in [5.41, 5.74) is 2.77. The van der Waals surface area contributed by atoms with E-state index in [0.29, 0.717) is 11.3 Å². The van der Waals surface area contributed by atoms with E-state index in [4.69, 9.17) is 4.74 Å². The second-order valence-electron chi connectivity index (χ2n) is 6.98. The lowest BCUT2D eigenvalue weighted by molar-refractivity contribution is 0.0600. The van der Waals surface area contributed by atoms with Crippen LogP contribution in [0.4, 0.5) is 5.82 Å². The van der Waals surface area contributed by atoms with Gasteiger partial charge in [0.15, 0.2) is 0 Å². The van der Waals surface area contributed by atoms with Crippen LogP contribution in [0.25, 0.3) is 11.3 Å². The van der Waals surface area contributed by atoms with Gasteiger partial charge in [-0.2, -0.15) is 0 Å². The SMILES string of the molecule is COC(=O)c1cc(NS(=O)(=O)c2cccnc2)nc(-c2ccc(C#Cc3cccnc3)cc2)c1. The molecular formula is C25H18N4O4S. The Kier molecular flexibility index (Phi) is 6.62. The molecule has 0 bridgehead atoms. The molecule has 0 atom stereocenters. The predicted octanol–water partition coefficient (Wildman–Crippen LogP) is 3.53. The highest BCUT2D eigenvalue weighted by Gasteiger charge is 2.18. The Bertz CT molecular complexity index is 1480. The van der Waals surface area contributed by atoms with Gasteiger partial charge in [0.1, 0.15) is 10.7 Å². The van der Waals surface area contributed by atoms with Crippen LogP contribution < -0.4 is 4.72 Å². The molecule has 34 heavy (non-hydrogen) atoms. The number of benzene rings is 1. The molecule has 0 amide bonds. The maximum atomic E-state index is 12.7. The maximum absolute atomic E-state index is 12.7. The largest absolute Gasteiger partial charge is 0.465 e. The topological polar surface area (TPSA) is 111 Å². The third-order valence-corrected chi connectivity index (χ3v) is 5.96. The van der Waals surface area contributed by atoms with E-state index in [1.54, 1.807) is 24.5 Å². The summed E-state index contributed by atoms with van der Waals surface area (Å²) in [7, 11) is -2.70. The fraction of sp³-hybridized carbons (Fsp3) is 0.0400. The minimum absolute atomic E-state index is 0.0257. The van der Waals surface area contributed by atoms with E-state index in [1.165, 1.54) is 43.8 Å². The van der Waals surface area contributed by atoms with Crippen molar-refractivity contribution in [3.63, 3.8) is 0 Å². The molecule has 0 saturated carbocycles. The van der Waals surface area contributed by atoms with Gasteiger partial charge in [0, 0.05) is 41.5 Å². The molecule has 3 heterocycles. The van der Waals surface area contributed by atoms with Crippen molar-refractivity contribution in [2.75, 3.05) is 11.8 Å². The maximum Gasteiger partial charge on any atom is 0.338 e. The van der Waals surface area contributed by atoms with Crippen LogP contribution in [0.15, 0.2) is 90.3 Å². The molecule has 1 N–H and O–H groups in total. The molecule has 4 aromatic rings.